The highest BCUT2D eigenvalue weighted by atomic mass is 35.5. The van der Waals surface area contributed by atoms with E-state index in [1.165, 1.54) is 32.1 Å². The predicted molar refractivity (Wildman–Crippen MR) is 88.6 cm³/mol. The average molecular weight is 334 g/mol. The summed E-state index contributed by atoms with van der Waals surface area (Å²) in [7, 11) is 0. The van der Waals surface area contributed by atoms with Gasteiger partial charge in [0.05, 0.1) is 12.2 Å². The summed E-state index contributed by atoms with van der Waals surface area (Å²) in [6.07, 6.45) is 6.53. The smallest absolute Gasteiger partial charge is 0.194 e. The minimum Gasteiger partial charge on any atom is -0.445 e. The monoisotopic (exact) mass is 333 g/mol. The maximum Gasteiger partial charge on any atom is 0.194 e. The molecule has 0 amide bonds. The molecule has 4 aliphatic rings. The van der Waals surface area contributed by atoms with Crippen LogP contribution in [0, 0.1) is 11.8 Å². The minimum atomic E-state index is -0.0216. The molecule has 3 aliphatic carbocycles. The Morgan fingerprint density at radius 2 is 2.09 bits per heavy atom. The summed E-state index contributed by atoms with van der Waals surface area (Å²) in [5, 5.41) is 3.37. The number of anilines is 1. The van der Waals surface area contributed by atoms with Crippen molar-refractivity contribution in [3.05, 3.63) is 29.5 Å². The van der Waals surface area contributed by atoms with Crippen LogP contribution in [0.15, 0.2) is 28.7 Å². The largest absolute Gasteiger partial charge is 0.445 e. The van der Waals surface area contributed by atoms with Gasteiger partial charge in [-0.3, -0.25) is 4.84 Å². The Hall–Kier alpha value is -1.27. The van der Waals surface area contributed by atoms with E-state index >= 15 is 0 Å². The van der Waals surface area contributed by atoms with E-state index in [-0.39, 0.29) is 5.60 Å². The van der Waals surface area contributed by atoms with Crippen molar-refractivity contribution < 1.29 is 9.25 Å². The zero-order chi connectivity index (χ0) is 15.4. The summed E-state index contributed by atoms with van der Waals surface area (Å²) in [4.78, 5) is 6.06. The number of nitrogens with zero attached hydrogens (tertiary/aromatic N) is 1. The molecule has 23 heavy (non-hydrogen) atoms. The van der Waals surface area contributed by atoms with Crippen molar-refractivity contribution in [3.8, 4) is 0 Å². The van der Waals surface area contributed by atoms with Crippen LogP contribution in [-0.4, -0.2) is 17.3 Å². The predicted octanol–water partition coefficient (Wildman–Crippen LogP) is 4.11. The zero-order valence-electron chi connectivity index (χ0n) is 12.8. The fraction of sp³-hybridized carbons (Fsp3) is 0.529. The maximum atomic E-state index is 6.06. The lowest BCUT2D eigenvalue weighted by Crippen LogP contribution is -2.50. The standard InChI is InChI=1S/C17H20ClN3O2/c18-16-7-12-3-6-14(8-15(12)22-16)19-21-10-17(23-20-21)9-11-1-4-13(17)5-2-11/h3,6-8,11,13,19-20H,1-2,4-5,9-10H2/t11?,13?,17-/m0/s1. The summed E-state index contributed by atoms with van der Waals surface area (Å²) in [6, 6.07) is 7.81. The van der Waals surface area contributed by atoms with Gasteiger partial charge >= 0.3 is 0 Å². The first kappa shape index (κ1) is 14.1. The summed E-state index contributed by atoms with van der Waals surface area (Å²) >= 11 is 5.91. The normalized spacial score (nSPS) is 33.8. The van der Waals surface area contributed by atoms with Gasteiger partial charge in [0.1, 0.15) is 11.2 Å². The third-order valence-electron chi connectivity index (χ3n) is 5.76. The van der Waals surface area contributed by atoms with Crippen molar-refractivity contribution in [2.24, 2.45) is 11.8 Å². The molecule has 6 heteroatoms. The topological polar surface area (TPSA) is 49.7 Å². The number of hydrazine groups is 2. The van der Waals surface area contributed by atoms with Crippen molar-refractivity contribution in [3.63, 3.8) is 0 Å². The highest BCUT2D eigenvalue weighted by molar-refractivity contribution is 6.29. The van der Waals surface area contributed by atoms with E-state index in [4.69, 9.17) is 20.9 Å². The van der Waals surface area contributed by atoms with Crippen molar-refractivity contribution in [1.29, 1.82) is 0 Å². The maximum absolute atomic E-state index is 6.06. The van der Waals surface area contributed by atoms with Crippen LogP contribution in [0.3, 0.4) is 0 Å². The molecule has 2 N–H and O–H groups in total. The van der Waals surface area contributed by atoms with Gasteiger partial charge in [0, 0.05) is 17.5 Å². The lowest BCUT2D eigenvalue weighted by atomic mass is 9.62. The van der Waals surface area contributed by atoms with Crippen LogP contribution in [0.4, 0.5) is 5.69 Å². The molecule has 4 fully saturated rings. The lowest BCUT2D eigenvalue weighted by molar-refractivity contribution is -0.146. The average Bonchev–Trinajstić information content (AvgIpc) is 3.11. The number of halogens is 1. The van der Waals surface area contributed by atoms with E-state index in [1.807, 2.05) is 29.4 Å². The van der Waals surface area contributed by atoms with Crippen LogP contribution < -0.4 is 11.0 Å². The Morgan fingerprint density at radius 3 is 2.87 bits per heavy atom. The van der Waals surface area contributed by atoms with Crippen molar-refractivity contribution in [2.75, 3.05) is 12.0 Å². The molecule has 6 rings (SSSR count). The van der Waals surface area contributed by atoms with E-state index in [9.17, 15) is 0 Å². The molecule has 0 radical (unpaired) electrons. The quantitative estimate of drug-likeness (QED) is 0.866. The molecular weight excluding hydrogens is 314 g/mol. The molecule has 2 aromatic rings. The SMILES string of the molecule is Clc1cc2ccc(NN3C[C@]4(CC5CCC4CC5)ON3)cc2o1. The molecule has 1 spiro atoms. The van der Waals surface area contributed by atoms with Gasteiger partial charge in [-0.1, -0.05) is 0 Å². The number of benzene rings is 1. The Morgan fingerprint density at radius 1 is 1.22 bits per heavy atom. The Balaban J connectivity index is 1.33. The lowest BCUT2D eigenvalue weighted by Gasteiger charge is -2.47. The number of nitrogens with one attached hydrogen (secondary N) is 2. The van der Waals surface area contributed by atoms with E-state index in [1.54, 1.807) is 0 Å². The molecule has 122 valence electrons. The summed E-state index contributed by atoms with van der Waals surface area (Å²) in [5.74, 6) is 1.52. The molecule has 1 aromatic carbocycles. The minimum absolute atomic E-state index is 0.0216. The molecule has 1 aromatic heterocycles. The first-order valence-corrected chi connectivity index (χ1v) is 8.75. The Labute approximate surface area is 139 Å². The molecule has 1 atom stereocenters. The second-order valence-corrected chi connectivity index (χ2v) is 7.55. The first-order chi connectivity index (χ1) is 11.2. The number of furan rings is 1. The fourth-order valence-corrected chi connectivity index (χ4v) is 4.83. The van der Waals surface area contributed by atoms with Gasteiger partial charge in [-0.05, 0) is 67.7 Å². The van der Waals surface area contributed by atoms with Crippen LogP contribution >= 0.6 is 11.6 Å². The van der Waals surface area contributed by atoms with Crippen LogP contribution in [0.5, 0.6) is 0 Å². The van der Waals surface area contributed by atoms with Crippen LogP contribution in [0.25, 0.3) is 11.0 Å². The third-order valence-corrected chi connectivity index (χ3v) is 5.95. The van der Waals surface area contributed by atoms with Crippen LogP contribution in [0.1, 0.15) is 32.1 Å². The zero-order valence-corrected chi connectivity index (χ0v) is 13.6. The van der Waals surface area contributed by atoms with Crippen molar-refractivity contribution in [1.82, 2.24) is 10.7 Å². The molecule has 1 saturated heterocycles. The summed E-state index contributed by atoms with van der Waals surface area (Å²) in [6.45, 7) is 0.866. The molecular formula is C17H20ClN3O2. The number of hydrogen-bond donors (Lipinski definition) is 2. The van der Waals surface area contributed by atoms with E-state index in [0.29, 0.717) is 11.1 Å². The summed E-state index contributed by atoms with van der Waals surface area (Å²) in [5.41, 5.74) is 8.16. The third kappa shape index (κ3) is 2.34. The van der Waals surface area contributed by atoms with Gasteiger partial charge in [-0.2, -0.15) is 0 Å². The van der Waals surface area contributed by atoms with E-state index in [2.05, 4.69) is 11.0 Å². The van der Waals surface area contributed by atoms with Gasteiger partial charge < -0.3 is 9.84 Å². The van der Waals surface area contributed by atoms with Gasteiger partial charge in [-0.15, -0.1) is 10.7 Å². The molecule has 5 nitrogen and oxygen atoms in total. The molecule has 0 unspecified atom stereocenters. The molecule has 2 bridgehead atoms. The number of hydrogen-bond acceptors (Lipinski definition) is 5. The van der Waals surface area contributed by atoms with Crippen LogP contribution in [0.2, 0.25) is 5.22 Å². The summed E-state index contributed by atoms with van der Waals surface area (Å²) < 4.78 is 5.48. The highest BCUT2D eigenvalue weighted by Gasteiger charge is 2.52. The molecule has 2 heterocycles. The van der Waals surface area contributed by atoms with Gasteiger partial charge in [0.2, 0.25) is 0 Å². The van der Waals surface area contributed by atoms with E-state index < -0.39 is 0 Å². The van der Waals surface area contributed by atoms with Gasteiger partial charge in [0.25, 0.3) is 0 Å². The Kier molecular flexibility index (Phi) is 3.14. The van der Waals surface area contributed by atoms with Crippen molar-refractivity contribution >= 4 is 28.3 Å². The van der Waals surface area contributed by atoms with Crippen LogP contribution in [-0.2, 0) is 4.84 Å². The van der Waals surface area contributed by atoms with Crippen molar-refractivity contribution in [2.45, 2.75) is 37.7 Å². The highest BCUT2D eigenvalue weighted by Crippen LogP contribution is 2.50. The molecule has 3 saturated carbocycles. The van der Waals surface area contributed by atoms with Gasteiger partial charge in [-0.25, -0.2) is 0 Å². The molecule has 1 aliphatic heterocycles. The van der Waals surface area contributed by atoms with E-state index in [0.717, 1.165) is 29.1 Å². The number of fused-ring (bicyclic) bond motifs is 3. The second-order valence-electron chi connectivity index (χ2n) is 7.18. The fourth-order valence-electron chi connectivity index (χ4n) is 4.63. The number of rotatable bonds is 2. The Bertz CT molecular complexity index is 741. The first-order valence-electron chi connectivity index (χ1n) is 8.37. The van der Waals surface area contributed by atoms with Gasteiger partial charge in [0.15, 0.2) is 5.22 Å². The second kappa shape index (κ2) is 5.11.